The van der Waals surface area contributed by atoms with Gasteiger partial charge < -0.3 is 19.9 Å². The number of nitrogens with one attached hydrogen (secondary N) is 1. The Balaban J connectivity index is 1.55. The summed E-state index contributed by atoms with van der Waals surface area (Å²) >= 11 is 6.22. The Morgan fingerprint density at radius 2 is 1.73 bits per heavy atom. The standard InChI is InChI=1S/C27H30ClFN4O4/c1-17(34)30-25-11-24(28)26(37-3)10-20(25)6-9-27(36)33-22-13-31(12-19-4-7-21(29)8-5-19)14-23(33)16-32(15-22)18(2)35/h4-11,22-23H,12-16H2,1-3H3,(H,30,34)/b9-6+. The maximum atomic E-state index is 13.4. The van der Waals surface area contributed by atoms with E-state index in [1.807, 2.05) is 4.90 Å². The number of piperazine rings is 2. The average Bonchev–Trinajstić information content (AvgIpc) is 2.83. The lowest BCUT2D eigenvalue weighted by Gasteiger charge is -2.52. The zero-order valence-corrected chi connectivity index (χ0v) is 21.8. The van der Waals surface area contributed by atoms with Crippen molar-refractivity contribution in [2.24, 2.45) is 0 Å². The van der Waals surface area contributed by atoms with Gasteiger partial charge in [-0.15, -0.1) is 0 Å². The molecular weight excluding hydrogens is 499 g/mol. The molecule has 0 spiro atoms. The third-order valence-corrected chi connectivity index (χ3v) is 6.94. The molecule has 0 radical (unpaired) electrons. The molecular formula is C27H30ClFN4O4. The number of carbonyl (C=O) groups excluding carboxylic acids is 3. The predicted molar refractivity (Wildman–Crippen MR) is 140 cm³/mol. The van der Waals surface area contributed by atoms with Crippen LogP contribution in [0.2, 0.25) is 5.02 Å². The largest absolute Gasteiger partial charge is 0.495 e. The molecule has 2 aromatic rings. The lowest BCUT2D eigenvalue weighted by molar-refractivity contribution is -0.149. The molecule has 196 valence electrons. The smallest absolute Gasteiger partial charge is 0.247 e. The Labute approximate surface area is 220 Å². The van der Waals surface area contributed by atoms with Gasteiger partial charge in [-0.3, -0.25) is 19.3 Å². The van der Waals surface area contributed by atoms with Crippen LogP contribution in [0.5, 0.6) is 5.75 Å². The third kappa shape index (κ3) is 6.29. The SMILES string of the molecule is COc1cc(/C=C/C(=O)N2C3CN(Cc4ccc(F)cc4)CC2CN(C(C)=O)C3)c(NC(C)=O)cc1Cl. The summed E-state index contributed by atoms with van der Waals surface area (Å²) in [6, 6.07) is 9.28. The minimum atomic E-state index is -0.278. The predicted octanol–water partition coefficient (Wildman–Crippen LogP) is 3.40. The van der Waals surface area contributed by atoms with Crippen molar-refractivity contribution in [3.63, 3.8) is 0 Å². The molecule has 2 atom stereocenters. The number of rotatable bonds is 6. The van der Waals surface area contributed by atoms with E-state index >= 15 is 0 Å². The number of fused-ring (bicyclic) bond motifs is 2. The number of halogens is 2. The van der Waals surface area contributed by atoms with Gasteiger partial charge in [0.25, 0.3) is 0 Å². The molecule has 2 unspecified atom stereocenters. The van der Waals surface area contributed by atoms with Gasteiger partial charge in [-0.05, 0) is 35.9 Å². The lowest BCUT2D eigenvalue weighted by atomic mass is 9.98. The summed E-state index contributed by atoms with van der Waals surface area (Å²) in [4.78, 5) is 43.1. The highest BCUT2D eigenvalue weighted by atomic mass is 35.5. The van der Waals surface area contributed by atoms with Crippen molar-refractivity contribution in [3.8, 4) is 5.75 Å². The van der Waals surface area contributed by atoms with Crippen LogP contribution in [0.25, 0.3) is 6.08 Å². The van der Waals surface area contributed by atoms with Gasteiger partial charge in [0.2, 0.25) is 17.7 Å². The quantitative estimate of drug-likeness (QED) is 0.581. The molecule has 3 amide bonds. The van der Waals surface area contributed by atoms with Crippen molar-refractivity contribution >= 4 is 41.1 Å². The number of methoxy groups -OCH3 is 1. The van der Waals surface area contributed by atoms with Gasteiger partial charge in [-0.1, -0.05) is 23.7 Å². The van der Waals surface area contributed by atoms with Crippen LogP contribution in [0.3, 0.4) is 0 Å². The Kier molecular flexibility index (Phi) is 8.14. The van der Waals surface area contributed by atoms with Crippen LogP contribution in [0, 0.1) is 5.82 Å². The van der Waals surface area contributed by atoms with Crippen LogP contribution in [-0.2, 0) is 20.9 Å². The van der Waals surface area contributed by atoms with E-state index in [0.717, 1.165) is 5.56 Å². The summed E-state index contributed by atoms with van der Waals surface area (Å²) in [5, 5.41) is 3.07. The van der Waals surface area contributed by atoms with E-state index < -0.39 is 0 Å². The summed E-state index contributed by atoms with van der Waals surface area (Å²) in [6.07, 6.45) is 3.11. The molecule has 2 aliphatic rings. The molecule has 0 saturated carbocycles. The highest BCUT2D eigenvalue weighted by Gasteiger charge is 2.42. The first kappa shape index (κ1) is 26.6. The zero-order chi connectivity index (χ0) is 26.7. The molecule has 2 heterocycles. The first-order valence-corrected chi connectivity index (χ1v) is 12.4. The molecule has 2 saturated heterocycles. The van der Waals surface area contributed by atoms with Gasteiger partial charge in [-0.25, -0.2) is 4.39 Å². The van der Waals surface area contributed by atoms with Crippen LogP contribution in [0.4, 0.5) is 10.1 Å². The molecule has 0 aliphatic carbocycles. The summed E-state index contributed by atoms with van der Waals surface area (Å²) in [7, 11) is 1.49. The van der Waals surface area contributed by atoms with E-state index in [-0.39, 0.29) is 35.6 Å². The number of anilines is 1. The van der Waals surface area contributed by atoms with Gasteiger partial charge in [0, 0.05) is 63.9 Å². The van der Waals surface area contributed by atoms with Gasteiger partial charge in [-0.2, -0.15) is 0 Å². The Hall–Kier alpha value is -3.43. The van der Waals surface area contributed by atoms with Crippen molar-refractivity contribution in [3.05, 3.63) is 64.4 Å². The molecule has 37 heavy (non-hydrogen) atoms. The van der Waals surface area contributed by atoms with E-state index in [9.17, 15) is 18.8 Å². The van der Waals surface area contributed by atoms with Gasteiger partial charge in [0.1, 0.15) is 11.6 Å². The van der Waals surface area contributed by atoms with E-state index in [4.69, 9.17) is 16.3 Å². The van der Waals surface area contributed by atoms with Crippen molar-refractivity contribution in [1.82, 2.24) is 14.7 Å². The zero-order valence-electron chi connectivity index (χ0n) is 21.0. The minimum absolute atomic E-state index is 0.0159. The van der Waals surface area contributed by atoms with E-state index in [0.29, 0.717) is 54.7 Å². The van der Waals surface area contributed by atoms with Crippen molar-refractivity contribution in [2.75, 3.05) is 38.6 Å². The summed E-state index contributed by atoms with van der Waals surface area (Å²) in [5.74, 6) is -0.315. The normalized spacial score (nSPS) is 19.7. The molecule has 1 N–H and O–H groups in total. The Bertz CT molecular complexity index is 1200. The fraction of sp³-hybridized carbons (Fsp3) is 0.370. The van der Waals surface area contributed by atoms with E-state index in [2.05, 4.69) is 10.2 Å². The monoisotopic (exact) mass is 528 g/mol. The number of hydrogen-bond donors (Lipinski definition) is 1. The summed E-state index contributed by atoms with van der Waals surface area (Å²) in [6.45, 7) is 5.63. The first-order valence-electron chi connectivity index (χ1n) is 12.0. The molecule has 8 nitrogen and oxygen atoms in total. The molecule has 0 aromatic heterocycles. The summed E-state index contributed by atoms with van der Waals surface area (Å²) < 4.78 is 18.6. The van der Waals surface area contributed by atoms with Gasteiger partial charge >= 0.3 is 0 Å². The number of nitrogens with zero attached hydrogens (tertiary/aromatic N) is 3. The average molecular weight is 529 g/mol. The van der Waals surface area contributed by atoms with E-state index in [1.54, 1.807) is 42.2 Å². The minimum Gasteiger partial charge on any atom is -0.495 e. The van der Waals surface area contributed by atoms with Gasteiger partial charge in [0.05, 0.1) is 24.2 Å². The highest BCUT2D eigenvalue weighted by Crippen LogP contribution is 2.32. The van der Waals surface area contributed by atoms with Crippen LogP contribution in [0.15, 0.2) is 42.5 Å². The topological polar surface area (TPSA) is 82.2 Å². The number of benzene rings is 2. The van der Waals surface area contributed by atoms with Crippen LogP contribution >= 0.6 is 11.6 Å². The molecule has 2 aliphatic heterocycles. The lowest BCUT2D eigenvalue weighted by Crippen LogP contribution is -2.69. The van der Waals surface area contributed by atoms with Crippen molar-refractivity contribution in [1.29, 1.82) is 0 Å². The number of hydrogen-bond acceptors (Lipinski definition) is 5. The number of ether oxygens (including phenoxy) is 1. The molecule has 2 bridgehead atoms. The van der Waals surface area contributed by atoms with Gasteiger partial charge in [0.15, 0.2) is 0 Å². The maximum absolute atomic E-state index is 13.4. The second kappa shape index (κ2) is 11.3. The van der Waals surface area contributed by atoms with Crippen LogP contribution in [-0.4, -0.2) is 77.8 Å². The molecule has 4 rings (SSSR count). The fourth-order valence-corrected chi connectivity index (χ4v) is 5.26. The fourth-order valence-electron chi connectivity index (χ4n) is 5.02. The number of carbonyl (C=O) groups is 3. The van der Waals surface area contributed by atoms with Crippen LogP contribution < -0.4 is 10.1 Å². The highest BCUT2D eigenvalue weighted by molar-refractivity contribution is 6.32. The van der Waals surface area contributed by atoms with Crippen molar-refractivity contribution < 1.29 is 23.5 Å². The van der Waals surface area contributed by atoms with Crippen molar-refractivity contribution in [2.45, 2.75) is 32.5 Å². The van der Waals surface area contributed by atoms with Crippen LogP contribution in [0.1, 0.15) is 25.0 Å². The molecule has 10 heteroatoms. The second-order valence-corrected chi connectivity index (χ2v) is 9.79. The maximum Gasteiger partial charge on any atom is 0.247 e. The molecule has 2 aromatic carbocycles. The summed E-state index contributed by atoms with van der Waals surface area (Å²) in [5.41, 5.74) is 2.04. The Morgan fingerprint density at radius 1 is 1.08 bits per heavy atom. The Morgan fingerprint density at radius 3 is 2.30 bits per heavy atom. The number of amides is 3. The second-order valence-electron chi connectivity index (χ2n) is 9.39. The third-order valence-electron chi connectivity index (χ3n) is 6.65. The van der Waals surface area contributed by atoms with E-state index in [1.165, 1.54) is 32.2 Å². The molecule has 2 fully saturated rings. The first-order chi connectivity index (χ1) is 17.6.